The second kappa shape index (κ2) is 4.97. The maximum Gasteiger partial charge on any atom is 0.145 e. The van der Waals surface area contributed by atoms with Crippen LogP contribution in [0.1, 0.15) is 24.2 Å². The van der Waals surface area contributed by atoms with E-state index in [-0.39, 0.29) is 6.04 Å². The monoisotopic (exact) mass is 228 g/mol. The Morgan fingerprint density at radius 3 is 2.53 bits per heavy atom. The number of aryl methyl sites for hydroxylation is 1. The molecule has 3 nitrogen and oxygen atoms in total. The second-order valence-corrected chi connectivity index (χ2v) is 4.08. The maximum absolute atomic E-state index is 5.74. The van der Waals surface area contributed by atoms with E-state index in [9.17, 15) is 0 Å². The Balaban J connectivity index is 2.17. The van der Waals surface area contributed by atoms with E-state index in [2.05, 4.69) is 4.98 Å². The van der Waals surface area contributed by atoms with Gasteiger partial charge < -0.3 is 10.5 Å². The molecular formula is C14H16N2O. The van der Waals surface area contributed by atoms with Crippen LogP contribution in [-0.4, -0.2) is 4.98 Å². The fourth-order valence-corrected chi connectivity index (χ4v) is 1.52. The predicted octanol–water partition coefficient (Wildman–Crippen LogP) is 3.20. The Morgan fingerprint density at radius 2 is 1.94 bits per heavy atom. The van der Waals surface area contributed by atoms with Crippen molar-refractivity contribution in [2.45, 2.75) is 19.9 Å². The van der Waals surface area contributed by atoms with Gasteiger partial charge >= 0.3 is 0 Å². The van der Waals surface area contributed by atoms with Crippen molar-refractivity contribution in [3.63, 3.8) is 0 Å². The number of para-hydroxylation sites is 1. The molecule has 1 atom stereocenters. The molecule has 3 heteroatoms. The highest BCUT2D eigenvalue weighted by Crippen LogP contribution is 2.24. The molecule has 1 unspecified atom stereocenters. The van der Waals surface area contributed by atoms with Gasteiger partial charge in [0, 0.05) is 6.04 Å². The highest BCUT2D eigenvalue weighted by Gasteiger charge is 2.03. The number of nitrogens with two attached hydrogens (primary N) is 1. The summed E-state index contributed by atoms with van der Waals surface area (Å²) in [5.74, 6) is 1.58. The summed E-state index contributed by atoms with van der Waals surface area (Å²) in [6.07, 6.45) is 1.70. The molecule has 0 radical (unpaired) electrons. The van der Waals surface area contributed by atoms with Crippen molar-refractivity contribution >= 4 is 0 Å². The lowest BCUT2D eigenvalue weighted by atomic mass is 10.2. The van der Waals surface area contributed by atoms with Gasteiger partial charge in [-0.1, -0.05) is 18.2 Å². The first-order valence-corrected chi connectivity index (χ1v) is 5.62. The summed E-state index contributed by atoms with van der Waals surface area (Å²) in [6, 6.07) is 11.6. The van der Waals surface area contributed by atoms with Crippen LogP contribution >= 0.6 is 0 Å². The molecule has 0 saturated carbocycles. The molecule has 0 saturated heterocycles. The second-order valence-electron chi connectivity index (χ2n) is 4.08. The molecule has 0 amide bonds. The third kappa shape index (κ3) is 2.82. The fourth-order valence-electron chi connectivity index (χ4n) is 1.52. The smallest absolute Gasteiger partial charge is 0.145 e. The normalized spacial score (nSPS) is 12.2. The first-order chi connectivity index (χ1) is 8.16. The predicted molar refractivity (Wildman–Crippen MR) is 68.1 cm³/mol. The Kier molecular flexibility index (Phi) is 3.40. The van der Waals surface area contributed by atoms with Crippen molar-refractivity contribution in [3.8, 4) is 11.5 Å². The van der Waals surface area contributed by atoms with Gasteiger partial charge in [0.1, 0.15) is 11.5 Å². The minimum atomic E-state index is -0.0532. The molecule has 2 aromatic rings. The van der Waals surface area contributed by atoms with Gasteiger partial charge in [-0.05, 0) is 37.6 Å². The van der Waals surface area contributed by atoms with Crippen molar-refractivity contribution in [1.82, 2.24) is 4.98 Å². The maximum atomic E-state index is 5.74. The van der Waals surface area contributed by atoms with Gasteiger partial charge in [0.25, 0.3) is 0 Å². The summed E-state index contributed by atoms with van der Waals surface area (Å²) in [5.41, 5.74) is 7.70. The van der Waals surface area contributed by atoms with Gasteiger partial charge in [0.15, 0.2) is 0 Å². The van der Waals surface area contributed by atoms with Gasteiger partial charge in [-0.15, -0.1) is 0 Å². The van der Waals surface area contributed by atoms with E-state index in [1.165, 1.54) is 0 Å². The first-order valence-electron chi connectivity index (χ1n) is 5.62. The van der Waals surface area contributed by atoms with Crippen molar-refractivity contribution in [1.29, 1.82) is 0 Å². The number of aromatic nitrogens is 1. The van der Waals surface area contributed by atoms with Crippen LogP contribution in [0.15, 0.2) is 42.6 Å². The zero-order valence-electron chi connectivity index (χ0n) is 10.1. The molecule has 17 heavy (non-hydrogen) atoms. The number of ether oxygens (including phenoxy) is 1. The molecule has 2 rings (SSSR count). The fraction of sp³-hybridized carbons (Fsp3) is 0.214. The highest BCUT2D eigenvalue weighted by atomic mass is 16.5. The molecule has 2 N–H and O–H groups in total. The topological polar surface area (TPSA) is 48.1 Å². The quantitative estimate of drug-likeness (QED) is 0.877. The average Bonchev–Trinajstić information content (AvgIpc) is 2.33. The van der Waals surface area contributed by atoms with Crippen LogP contribution in [0.5, 0.6) is 11.5 Å². The number of rotatable bonds is 3. The lowest BCUT2D eigenvalue weighted by Gasteiger charge is -2.09. The largest absolute Gasteiger partial charge is 0.455 e. The minimum absolute atomic E-state index is 0.0532. The molecule has 0 fully saturated rings. The van der Waals surface area contributed by atoms with E-state index in [0.29, 0.717) is 0 Å². The summed E-state index contributed by atoms with van der Waals surface area (Å²) in [5, 5.41) is 0. The molecule has 1 aromatic heterocycles. The molecule has 0 aliphatic carbocycles. The third-order valence-electron chi connectivity index (χ3n) is 2.55. The first kappa shape index (κ1) is 11.6. The van der Waals surface area contributed by atoms with E-state index < -0.39 is 0 Å². The van der Waals surface area contributed by atoms with Gasteiger partial charge in [0.2, 0.25) is 0 Å². The van der Waals surface area contributed by atoms with Gasteiger partial charge in [-0.25, -0.2) is 0 Å². The van der Waals surface area contributed by atoms with Crippen LogP contribution in [0.25, 0.3) is 0 Å². The summed E-state index contributed by atoms with van der Waals surface area (Å²) >= 11 is 0. The third-order valence-corrected chi connectivity index (χ3v) is 2.55. The van der Waals surface area contributed by atoms with Gasteiger partial charge in [-0.3, -0.25) is 4.98 Å². The van der Waals surface area contributed by atoms with Crippen LogP contribution in [0, 0.1) is 6.92 Å². The van der Waals surface area contributed by atoms with E-state index in [0.717, 1.165) is 22.8 Å². The van der Waals surface area contributed by atoms with Crippen LogP contribution in [0.3, 0.4) is 0 Å². The van der Waals surface area contributed by atoms with E-state index in [4.69, 9.17) is 10.5 Å². The SMILES string of the molecule is Cc1ccccc1Oc1ccc(C(C)N)nc1. The molecule has 88 valence electrons. The van der Waals surface area contributed by atoms with Crippen LogP contribution in [0.4, 0.5) is 0 Å². The lowest BCUT2D eigenvalue weighted by molar-refractivity contribution is 0.475. The van der Waals surface area contributed by atoms with Crippen LogP contribution in [-0.2, 0) is 0 Å². The molecule has 1 aromatic carbocycles. The van der Waals surface area contributed by atoms with Gasteiger partial charge in [-0.2, -0.15) is 0 Å². The number of benzene rings is 1. The summed E-state index contributed by atoms with van der Waals surface area (Å²) in [4.78, 5) is 4.25. The zero-order valence-corrected chi connectivity index (χ0v) is 10.1. The summed E-state index contributed by atoms with van der Waals surface area (Å²) < 4.78 is 5.74. The Labute approximate surface area is 101 Å². The highest BCUT2D eigenvalue weighted by molar-refractivity contribution is 5.36. The number of nitrogens with zero attached hydrogens (tertiary/aromatic N) is 1. The van der Waals surface area contributed by atoms with E-state index in [1.807, 2.05) is 50.2 Å². The van der Waals surface area contributed by atoms with Crippen LogP contribution < -0.4 is 10.5 Å². The Hall–Kier alpha value is -1.87. The summed E-state index contributed by atoms with van der Waals surface area (Å²) in [7, 11) is 0. The standard InChI is InChI=1S/C14H16N2O/c1-10-5-3-4-6-14(10)17-12-7-8-13(11(2)15)16-9-12/h3-9,11H,15H2,1-2H3. The van der Waals surface area contributed by atoms with E-state index in [1.54, 1.807) is 6.20 Å². The molecule has 0 aliphatic heterocycles. The molecule has 0 spiro atoms. The molecule has 0 bridgehead atoms. The van der Waals surface area contributed by atoms with E-state index >= 15 is 0 Å². The molecule has 1 heterocycles. The van der Waals surface area contributed by atoms with Crippen molar-refractivity contribution < 1.29 is 4.74 Å². The van der Waals surface area contributed by atoms with Gasteiger partial charge in [0.05, 0.1) is 11.9 Å². The zero-order chi connectivity index (χ0) is 12.3. The number of pyridine rings is 1. The summed E-state index contributed by atoms with van der Waals surface area (Å²) in [6.45, 7) is 3.92. The Morgan fingerprint density at radius 1 is 1.18 bits per heavy atom. The Bertz CT molecular complexity index is 492. The number of hydrogen-bond acceptors (Lipinski definition) is 3. The number of hydrogen-bond donors (Lipinski definition) is 1. The molecular weight excluding hydrogens is 212 g/mol. The van der Waals surface area contributed by atoms with Crippen LogP contribution in [0.2, 0.25) is 0 Å². The molecule has 0 aliphatic rings. The van der Waals surface area contributed by atoms with Crippen molar-refractivity contribution in [3.05, 3.63) is 53.9 Å². The average molecular weight is 228 g/mol. The lowest BCUT2D eigenvalue weighted by Crippen LogP contribution is -2.06. The van der Waals surface area contributed by atoms with Crippen molar-refractivity contribution in [2.75, 3.05) is 0 Å². The minimum Gasteiger partial charge on any atom is -0.455 e. The van der Waals surface area contributed by atoms with Crippen molar-refractivity contribution in [2.24, 2.45) is 5.73 Å².